The number of carbonyl (C=O) groups is 1. The molecule has 0 atom stereocenters. The Morgan fingerprint density at radius 3 is 2.34 bits per heavy atom. The van der Waals surface area contributed by atoms with Gasteiger partial charge in [0.15, 0.2) is 5.96 Å². The minimum absolute atomic E-state index is 0.142. The van der Waals surface area contributed by atoms with E-state index in [1.165, 1.54) is 0 Å². The summed E-state index contributed by atoms with van der Waals surface area (Å²) in [5, 5.41) is 9.68. The van der Waals surface area contributed by atoms with Crippen LogP contribution in [0.15, 0.2) is 53.5 Å². The first kappa shape index (κ1) is 20.7. The van der Waals surface area contributed by atoms with Crippen molar-refractivity contribution in [2.45, 2.75) is 38.8 Å². The van der Waals surface area contributed by atoms with Gasteiger partial charge >= 0.3 is 0 Å². The highest BCUT2D eigenvalue weighted by atomic mass is 16.5. The first-order valence-electron chi connectivity index (χ1n) is 10.1. The van der Waals surface area contributed by atoms with E-state index in [-0.39, 0.29) is 11.8 Å². The van der Waals surface area contributed by atoms with Crippen LogP contribution in [0.25, 0.3) is 0 Å². The van der Waals surface area contributed by atoms with Gasteiger partial charge in [-0.3, -0.25) is 9.79 Å². The number of rotatable bonds is 7. The number of hydrogen-bond acceptors (Lipinski definition) is 3. The highest BCUT2D eigenvalue weighted by Crippen LogP contribution is 2.26. The van der Waals surface area contributed by atoms with Gasteiger partial charge in [0.2, 0.25) is 5.91 Å². The molecule has 0 saturated heterocycles. The number of guanidine groups is 1. The van der Waals surface area contributed by atoms with Crippen molar-refractivity contribution in [1.29, 1.82) is 0 Å². The maximum absolute atomic E-state index is 12.3. The van der Waals surface area contributed by atoms with Crippen LogP contribution in [-0.4, -0.2) is 26.0 Å². The SMILES string of the molecule is CN=C(NCc1cccc(NC(=O)C2CCCC2)c1)NCc1cccc(OC)c1. The van der Waals surface area contributed by atoms with Crippen molar-refractivity contribution >= 4 is 17.6 Å². The molecule has 6 nitrogen and oxygen atoms in total. The molecule has 1 saturated carbocycles. The van der Waals surface area contributed by atoms with Crippen molar-refractivity contribution < 1.29 is 9.53 Å². The fourth-order valence-corrected chi connectivity index (χ4v) is 3.57. The summed E-state index contributed by atoms with van der Waals surface area (Å²) in [7, 11) is 3.41. The van der Waals surface area contributed by atoms with E-state index < -0.39 is 0 Å². The summed E-state index contributed by atoms with van der Waals surface area (Å²) in [4.78, 5) is 16.6. The number of aliphatic imine (C=N–C) groups is 1. The van der Waals surface area contributed by atoms with Gasteiger partial charge in [-0.25, -0.2) is 0 Å². The van der Waals surface area contributed by atoms with E-state index in [0.717, 1.165) is 48.2 Å². The summed E-state index contributed by atoms with van der Waals surface area (Å²) >= 11 is 0. The normalized spacial score (nSPS) is 14.5. The van der Waals surface area contributed by atoms with E-state index in [0.29, 0.717) is 19.0 Å². The zero-order valence-corrected chi connectivity index (χ0v) is 17.2. The third-order valence-corrected chi connectivity index (χ3v) is 5.20. The van der Waals surface area contributed by atoms with Crippen molar-refractivity contribution in [3.63, 3.8) is 0 Å². The van der Waals surface area contributed by atoms with Gasteiger partial charge in [0, 0.05) is 31.7 Å². The minimum Gasteiger partial charge on any atom is -0.497 e. The summed E-state index contributed by atoms with van der Waals surface area (Å²) in [6.07, 6.45) is 4.32. The van der Waals surface area contributed by atoms with Crippen molar-refractivity contribution in [1.82, 2.24) is 10.6 Å². The average molecular weight is 395 g/mol. The topological polar surface area (TPSA) is 74.8 Å². The molecule has 2 aromatic rings. The van der Waals surface area contributed by atoms with Crippen LogP contribution in [0.1, 0.15) is 36.8 Å². The molecule has 154 valence electrons. The van der Waals surface area contributed by atoms with Gasteiger partial charge in [-0.05, 0) is 48.2 Å². The number of ether oxygens (including phenoxy) is 1. The molecule has 0 bridgehead atoms. The van der Waals surface area contributed by atoms with Crippen LogP contribution in [0.5, 0.6) is 5.75 Å². The van der Waals surface area contributed by atoms with Gasteiger partial charge in [0.25, 0.3) is 0 Å². The van der Waals surface area contributed by atoms with Gasteiger partial charge in [-0.15, -0.1) is 0 Å². The number of carbonyl (C=O) groups excluding carboxylic acids is 1. The highest BCUT2D eigenvalue weighted by Gasteiger charge is 2.22. The molecule has 1 fully saturated rings. The number of amides is 1. The molecule has 2 aromatic carbocycles. The largest absolute Gasteiger partial charge is 0.497 e. The third kappa shape index (κ3) is 6.24. The lowest BCUT2D eigenvalue weighted by molar-refractivity contribution is -0.119. The number of methoxy groups -OCH3 is 1. The van der Waals surface area contributed by atoms with Gasteiger partial charge in [0.05, 0.1) is 7.11 Å². The first-order valence-corrected chi connectivity index (χ1v) is 10.1. The Morgan fingerprint density at radius 2 is 1.69 bits per heavy atom. The predicted molar refractivity (Wildman–Crippen MR) is 117 cm³/mol. The van der Waals surface area contributed by atoms with E-state index in [1.807, 2.05) is 48.5 Å². The maximum Gasteiger partial charge on any atom is 0.227 e. The van der Waals surface area contributed by atoms with E-state index in [2.05, 4.69) is 20.9 Å². The molecular weight excluding hydrogens is 364 g/mol. The molecule has 0 radical (unpaired) electrons. The van der Waals surface area contributed by atoms with Gasteiger partial charge in [-0.2, -0.15) is 0 Å². The lowest BCUT2D eigenvalue weighted by atomic mass is 10.1. The molecular formula is C23H30N4O2. The van der Waals surface area contributed by atoms with Gasteiger partial charge < -0.3 is 20.7 Å². The fourth-order valence-electron chi connectivity index (χ4n) is 3.57. The Bertz CT molecular complexity index is 844. The van der Waals surface area contributed by atoms with E-state index in [9.17, 15) is 4.79 Å². The third-order valence-electron chi connectivity index (χ3n) is 5.20. The van der Waals surface area contributed by atoms with E-state index in [4.69, 9.17) is 4.74 Å². The lowest BCUT2D eigenvalue weighted by Crippen LogP contribution is -2.36. The highest BCUT2D eigenvalue weighted by molar-refractivity contribution is 5.92. The summed E-state index contributed by atoms with van der Waals surface area (Å²) in [5.41, 5.74) is 3.04. The summed E-state index contributed by atoms with van der Waals surface area (Å²) in [5.74, 6) is 1.86. The quantitative estimate of drug-likeness (QED) is 0.495. The number of nitrogens with zero attached hydrogens (tertiary/aromatic N) is 1. The van der Waals surface area contributed by atoms with Gasteiger partial charge in [-0.1, -0.05) is 37.1 Å². The van der Waals surface area contributed by atoms with E-state index >= 15 is 0 Å². The van der Waals surface area contributed by atoms with Gasteiger partial charge in [0.1, 0.15) is 5.75 Å². The Labute approximate surface area is 172 Å². The Kier molecular flexibility index (Phi) is 7.50. The molecule has 0 unspecified atom stereocenters. The van der Waals surface area contributed by atoms with Crippen LogP contribution < -0.4 is 20.7 Å². The Hall–Kier alpha value is -3.02. The Morgan fingerprint density at radius 1 is 1.03 bits per heavy atom. The molecule has 0 aromatic heterocycles. The Balaban J connectivity index is 1.50. The first-order chi connectivity index (χ1) is 14.2. The van der Waals surface area contributed by atoms with Crippen LogP contribution in [-0.2, 0) is 17.9 Å². The molecule has 0 heterocycles. The van der Waals surface area contributed by atoms with E-state index in [1.54, 1.807) is 14.2 Å². The average Bonchev–Trinajstić information content (AvgIpc) is 3.29. The number of anilines is 1. The zero-order chi connectivity index (χ0) is 20.5. The molecule has 0 aliphatic heterocycles. The minimum atomic E-state index is 0.142. The summed E-state index contributed by atoms with van der Waals surface area (Å²) in [6, 6.07) is 15.9. The predicted octanol–water partition coefficient (Wildman–Crippen LogP) is 3.69. The number of hydrogen-bond donors (Lipinski definition) is 3. The smallest absolute Gasteiger partial charge is 0.227 e. The fraction of sp³-hybridized carbons (Fsp3) is 0.391. The lowest BCUT2D eigenvalue weighted by Gasteiger charge is -2.14. The monoisotopic (exact) mass is 394 g/mol. The van der Waals surface area contributed by atoms with Crippen LogP contribution in [0, 0.1) is 5.92 Å². The molecule has 1 amide bonds. The standard InChI is InChI=1S/C23H30N4O2/c1-24-23(26-16-18-8-6-12-21(14-18)29-2)25-15-17-7-5-11-20(13-17)27-22(28)19-9-3-4-10-19/h5-8,11-14,19H,3-4,9-10,15-16H2,1-2H3,(H,27,28)(H2,24,25,26). The summed E-state index contributed by atoms with van der Waals surface area (Å²) < 4.78 is 5.26. The van der Waals surface area contributed by atoms with Crippen LogP contribution in [0.4, 0.5) is 5.69 Å². The van der Waals surface area contributed by atoms with Crippen LogP contribution >= 0.6 is 0 Å². The molecule has 0 spiro atoms. The molecule has 3 N–H and O–H groups in total. The molecule has 1 aliphatic carbocycles. The van der Waals surface area contributed by atoms with Crippen molar-refractivity contribution in [2.24, 2.45) is 10.9 Å². The van der Waals surface area contributed by atoms with Crippen molar-refractivity contribution in [2.75, 3.05) is 19.5 Å². The number of benzene rings is 2. The maximum atomic E-state index is 12.3. The second-order valence-electron chi connectivity index (χ2n) is 7.30. The van der Waals surface area contributed by atoms with Crippen LogP contribution in [0.2, 0.25) is 0 Å². The second-order valence-corrected chi connectivity index (χ2v) is 7.30. The van der Waals surface area contributed by atoms with Crippen molar-refractivity contribution in [3.8, 4) is 5.75 Å². The number of nitrogens with one attached hydrogen (secondary N) is 3. The molecule has 29 heavy (non-hydrogen) atoms. The molecule has 6 heteroatoms. The zero-order valence-electron chi connectivity index (χ0n) is 17.2. The molecule has 3 rings (SSSR count). The van der Waals surface area contributed by atoms with Crippen molar-refractivity contribution in [3.05, 3.63) is 59.7 Å². The summed E-state index contributed by atoms with van der Waals surface area (Å²) in [6.45, 7) is 1.26. The van der Waals surface area contributed by atoms with Crippen LogP contribution in [0.3, 0.4) is 0 Å². The molecule has 1 aliphatic rings. The second kappa shape index (κ2) is 10.5.